The first-order valence-electron chi connectivity index (χ1n) is 8.19. The van der Waals surface area contributed by atoms with Gasteiger partial charge in [0.15, 0.2) is 0 Å². The highest BCUT2D eigenvalue weighted by atomic mass is 16.6. The fourth-order valence-electron chi connectivity index (χ4n) is 3.52. The molecule has 3 heterocycles. The van der Waals surface area contributed by atoms with Gasteiger partial charge in [-0.25, -0.2) is 0 Å². The van der Waals surface area contributed by atoms with Crippen LogP contribution in [0, 0.1) is 11.8 Å². The van der Waals surface area contributed by atoms with Crippen LogP contribution in [0.15, 0.2) is 12.2 Å². The molecule has 2 fully saturated rings. The van der Waals surface area contributed by atoms with Gasteiger partial charge in [0.05, 0.1) is 24.0 Å². The summed E-state index contributed by atoms with van der Waals surface area (Å²) < 4.78 is 10.8. The normalized spacial score (nSPS) is 31.9. The van der Waals surface area contributed by atoms with Gasteiger partial charge in [-0.2, -0.15) is 0 Å². The zero-order valence-corrected chi connectivity index (χ0v) is 13.8. The lowest BCUT2D eigenvalue weighted by Gasteiger charge is -2.20. The van der Waals surface area contributed by atoms with Crippen molar-refractivity contribution in [2.45, 2.75) is 57.8 Å². The van der Waals surface area contributed by atoms with E-state index in [1.165, 1.54) is 4.90 Å². The van der Waals surface area contributed by atoms with Crippen LogP contribution in [0.5, 0.6) is 0 Å². The summed E-state index contributed by atoms with van der Waals surface area (Å²) in [4.78, 5) is 37.8. The lowest BCUT2D eigenvalue weighted by atomic mass is 9.85. The monoisotopic (exact) mass is 321 g/mol. The Morgan fingerprint density at radius 1 is 1.13 bits per heavy atom. The van der Waals surface area contributed by atoms with E-state index in [2.05, 4.69) is 0 Å². The smallest absolute Gasteiger partial charge is 0.306 e. The number of ether oxygens (including phenoxy) is 2. The lowest BCUT2D eigenvalue weighted by Crippen LogP contribution is -2.35. The lowest BCUT2D eigenvalue weighted by molar-refractivity contribution is -0.154. The zero-order chi connectivity index (χ0) is 16.8. The SMILES string of the molecule is CC(C)(C)OC(=O)CCCCN1C(=O)C2C3C=CC(O3)C2C1=O. The Balaban J connectivity index is 1.46. The predicted molar refractivity (Wildman–Crippen MR) is 81.2 cm³/mol. The number of rotatable bonds is 5. The highest BCUT2D eigenvalue weighted by Gasteiger charge is 2.60. The average Bonchev–Trinajstić information content (AvgIpc) is 3.09. The maximum Gasteiger partial charge on any atom is 0.306 e. The van der Waals surface area contributed by atoms with Crippen LogP contribution in [0.1, 0.15) is 40.0 Å². The molecule has 0 spiro atoms. The van der Waals surface area contributed by atoms with Crippen LogP contribution in [0.3, 0.4) is 0 Å². The Kier molecular flexibility index (Phi) is 4.04. The Morgan fingerprint density at radius 3 is 2.22 bits per heavy atom. The molecule has 23 heavy (non-hydrogen) atoms. The van der Waals surface area contributed by atoms with Gasteiger partial charge >= 0.3 is 5.97 Å². The molecule has 3 aliphatic heterocycles. The van der Waals surface area contributed by atoms with Gasteiger partial charge in [0.25, 0.3) is 0 Å². The summed E-state index contributed by atoms with van der Waals surface area (Å²) in [5, 5.41) is 0. The Bertz CT molecular complexity index is 532. The standard InChI is InChI=1S/C17H23NO5/c1-17(2,3)23-12(19)6-4-5-9-18-15(20)13-10-7-8-11(22-10)14(13)16(18)21/h7-8,10-11,13-14H,4-6,9H2,1-3H3. The van der Waals surface area contributed by atoms with Gasteiger partial charge < -0.3 is 9.47 Å². The minimum absolute atomic E-state index is 0.130. The third kappa shape index (κ3) is 3.04. The minimum atomic E-state index is -0.484. The molecule has 3 rings (SSSR count). The molecule has 4 unspecified atom stereocenters. The molecule has 2 saturated heterocycles. The largest absolute Gasteiger partial charge is 0.460 e. The summed E-state index contributed by atoms with van der Waals surface area (Å²) in [7, 11) is 0. The predicted octanol–water partition coefficient (Wildman–Crippen LogP) is 1.44. The maximum atomic E-state index is 12.4. The quantitative estimate of drug-likeness (QED) is 0.331. The van der Waals surface area contributed by atoms with E-state index in [-0.39, 0.29) is 41.8 Å². The molecule has 0 aromatic rings. The van der Waals surface area contributed by atoms with Crippen LogP contribution in [0.2, 0.25) is 0 Å². The van der Waals surface area contributed by atoms with Gasteiger partial charge in [0.1, 0.15) is 5.60 Å². The van der Waals surface area contributed by atoms with Gasteiger partial charge in [-0.05, 0) is 33.6 Å². The van der Waals surface area contributed by atoms with E-state index in [1.54, 1.807) is 0 Å². The summed E-state index contributed by atoms with van der Waals surface area (Å²) in [5.74, 6) is -1.20. The van der Waals surface area contributed by atoms with Crippen LogP contribution in [0.25, 0.3) is 0 Å². The van der Waals surface area contributed by atoms with E-state index in [4.69, 9.17) is 9.47 Å². The van der Waals surface area contributed by atoms with Gasteiger partial charge in [0.2, 0.25) is 11.8 Å². The van der Waals surface area contributed by atoms with Crippen LogP contribution >= 0.6 is 0 Å². The number of hydrogen-bond donors (Lipinski definition) is 0. The van der Waals surface area contributed by atoms with E-state index in [9.17, 15) is 14.4 Å². The number of nitrogens with zero attached hydrogens (tertiary/aromatic N) is 1. The van der Waals surface area contributed by atoms with Crippen molar-refractivity contribution in [1.82, 2.24) is 4.90 Å². The molecule has 2 bridgehead atoms. The van der Waals surface area contributed by atoms with Gasteiger partial charge in [-0.3, -0.25) is 19.3 Å². The maximum absolute atomic E-state index is 12.4. The number of hydrogen-bond acceptors (Lipinski definition) is 5. The summed E-state index contributed by atoms with van der Waals surface area (Å²) in [6.45, 7) is 5.85. The second-order valence-electron chi connectivity index (χ2n) is 7.37. The molecular formula is C17H23NO5. The third-order valence-electron chi connectivity index (χ3n) is 4.43. The van der Waals surface area contributed by atoms with Crippen LogP contribution < -0.4 is 0 Å². The number of fused-ring (bicyclic) bond motifs is 5. The number of unbranched alkanes of at least 4 members (excludes halogenated alkanes) is 1. The van der Waals surface area contributed by atoms with Crippen molar-refractivity contribution in [1.29, 1.82) is 0 Å². The van der Waals surface area contributed by atoms with E-state index in [0.29, 0.717) is 25.8 Å². The van der Waals surface area contributed by atoms with Crippen LogP contribution in [0.4, 0.5) is 0 Å². The molecule has 6 nitrogen and oxygen atoms in total. The highest BCUT2D eigenvalue weighted by molar-refractivity contribution is 6.06. The fourth-order valence-corrected chi connectivity index (χ4v) is 3.52. The summed E-state index contributed by atoms with van der Waals surface area (Å²) in [6.07, 6.45) is 4.78. The Hall–Kier alpha value is -1.69. The Labute approximate surface area is 135 Å². The number of amides is 2. The first-order chi connectivity index (χ1) is 10.8. The van der Waals surface area contributed by atoms with E-state index < -0.39 is 5.60 Å². The van der Waals surface area contributed by atoms with E-state index >= 15 is 0 Å². The topological polar surface area (TPSA) is 72.9 Å². The molecule has 0 N–H and O–H groups in total. The van der Waals surface area contributed by atoms with Crippen molar-refractivity contribution in [3.05, 3.63) is 12.2 Å². The first-order valence-corrected chi connectivity index (χ1v) is 8.19. The molecule has 2 amide bonds. The van der Waals surface area contributed by atoms with Crippen LogP contribution in [-0.2, 0) is 23.9 Å². The number of imide groups is 1. The van der Waals surface area contributed by atoms with Gasteiger partial charge in [-0.15, -0.1) is 0 Å². The van der Waals surface area contributed by atoms with E-state index in [0.717, 1.165) is 0 Å². The van der Waals surface area contributed by atoms with Crippen molar-refractivity contribution in [3.63, 3.8) is 0 Å². The molecule has 0 aromatic heterocycles. The van der Waals surface area contributed by atoms with Crippen molar-refractivity contribution < 1.29 is 23.9 Å². The molecular weight excluding hydrogens is 298 g/mol. The molecule has 0 aliphatic carbocycles. The molecule has 0 aromatic carbocycles. The number of esters is 1. The molecule has 6 heteroatoms. The van der Waals surface area contributed by atoms with Crippen molar-refractivity contribution in [2.24, 2.45) is 11.8 Å². The molecule has 0 saturated carbocycles. The van der Waals surface area contributed by atoms with Gasteiger partial charge in [-0.1, -0.05) is 12.2 Å². The summed E-state index contributed by atoms with van der Waals surface area (Å²) >= 11 is 0. The second kappa shape index (κ2) is 5.74. The average molecular weight is 321 g/mol. The number of carbonyl (C=O) groups is 3. The number of carbonyl (C=O) groups excluding carboxylic acids is 3. The van der Waals surface area contributed by atoms with Crippen molar-refractivity contribution in [3.8, 4) is 0 Å². The molecule has 3 aliphatic rings. The second-order valence-corrected chi connectivity index (χ2v) is 7.37. The summed E-state index contributed by atoms with van der Waals surface area (Å²) in [5.41, 5.74) is -0.484. The zero-order valence-electron chi connectivity index (χ0n) is 13.8. The van der Waals surface area contributed by atoms with Gasteiger partial charge in [0, 0.05) is 13.0 Å². The minimum Gasteiger partial charge on any atom is -0.460 e. The molecule has 0 radical (unpaired) electrons. The first kappa shape index (κ1) is 16.2. The van der Waals surface area contributed by atoms with E-state index in [1.807, 2.05) is 32.9 Å². The van der Waals surface area contributed by atoms with Crippen molar-refractivity contribution >= 4 is 17.8 Å². The summed E-state index contributed by atoms with van der Waals surface area (Å²) in [6, 6.07) is 0. The third-order valence-corrected chi connectivity index (χ3v) is 4.43. The highest BCUT2D eigenvalue weighted by Crippen LogP contribution is 2.45. The van der Waals surface area contributed by atoms with Crippen molar-refractivity contribution in [2.75, 3.05) is 6.54 Å². The molecule has 126 valence electrons. The Morgan fingerprint density at radius 2 is 1.70 bits per heavy atom. The fraction of sp³-hybridized carbons (Fsp3) is 0.706. The number of likely N-dealkylation sites (tertiary alicyclic amines) is 1. The van der Waals surface area contributed by atoms with Crippen LogP contribution in [-0.4, -0.2) is 47.0 Å². The molecule has 4 atom stereocenters.